The second-order valence-corrected chi connectivity index (χ2v) is 7.25. The van der Waals surface area contributed by atoms with Gasteiger partial charge in [0.05, 0.1) is 5.56 Å². The monoisotopic (exact) mass is 421 g/mol. The third kappa shape index (κ3) is 9.53. The first kappa shape index (κ1) is 24.6. The molecule has 0 aromatic heterocycles. The van der Waals surface area contributed by atoms with Crippen molar-refractivity contribution in [1.29, 1.82) is 0 Å². The fourth-order valence-electron chi connectivity index (χ4n) is 2.14. The van der Waals surface area contributed by atoms with Crippen LogP contribution in [0.3, 0.4) is 0 Å². The largest absolute Gasteiger partial charge is 0.416 e. The van der Waals surface area contributed by atoms with Crippen LogP contribution < -0.4 is 4.90 Å². The van der Waals surface area contributed by atoms with Crippen molar-refractivity contribution >= 4 is 17.3 Å². The van der Waals surface area contributed by atoms with E-state index in [0.29, 0.717) is 0 Å². The predicted octanol–water partition coefficient (Wildman–Crippen LogP) is 7.72. The van der Waals surface area contributed by atoms with E-state index in [1.165, 1.54) is 23.4 Å². The first-order valence-electron chi connectivity index (χ1n) is 9.09. The van der Waals surface area contributed by atoms with E-state index < -0.39 is 11.7 Å². The topological polar surface area (TPSA) is 3.24 Å². The third-order valence-electron chi connectivity index (χ3n) is 4.01. The Morgan fingerprint density at radius 2 is 1.14 bits per heavy atom. The second kappa shape index (κ2) is 11.5. The standard InChI is InChI=1S/C9H13N.C8H7F3.C7H7Cl/c1-8-4-6-9(7-5-8)10(2)3;1-6-2-4-7(5-3-6)8(9,10)11;1-6-4-2-3-5-7(6)8/h4-7H,1-3H3;2-5H,1H3;2-5H,1H3. The van der Waals surface area contributed by atoms with Crippen molar-refractivity contribution in [2.75, 3.05) is 19.0 Å². The van der Waals surface area contributed by atoms with Crippen LogP contribution in [0.15, 0.2) is 72.8 Å². The summed E-state index contributed by atoms with van der Waals surface area (Å²) in [6.45, 7) is 5.84. The van der Waals surface area contributed by atoms with E-state index in [4.69, 9.17) is 11.6 Å². The van der Waals surface area contributed by atoms with Crippen LogP contribution >= 0.6 is 11.6 Å². The summed E-state index contributed by atoms with van der Waals surface area (Å²) in [5.41, 5.74) is 3.94. The molecule has 0 radical (unpaired) electrons. The van der Waals surface area contributed by atoms with Crippen LogP contribution in [0.25, 0.3) is 0 Å². The zero-order valence-electron chi connectivity index (χ0n) is 17.4. The molecule has 0 N–H and O–H groups in total. The second-order valence-electron chi connectivity index (χ2n) is 6.84. The van der Waals surface area contributed by atoms with Gasteiger partial charge in [0, 0.05) is 24.8 Å². The first-order chi connectivity index (χ1) is 13.5. The van der Waals surface area contributed by atoms with E-state index in [1.807, 2.05) is 45.3 Å². The van der Waals surface area contributed by atoms with Gasteiger partial charge in [-0.3, -0.25) is 0 Å². The number of hydrogen-bond acceptors (Lipinski definition) is 1. The van der Waals surface area contributed by atoms with Gasteiger partial charge < -0.3 is 4.90 Å². The molecule has 0 spiro atoms. The van der Waals surface area contributed by atoms with Crippen LogP contribution in [0.4, 0.5) is 18.9 Å². The maximum atomic E-state index is 11.9. The average molecular weight is 422 g/mol. The van der Waals surface area contributed by atoms with Gasteiger partial charge in [0.25, 0.3) is 0 Å². The fraction of sp³-hybridized carbons (Fsp3) is 0.250. The van der Waals surface area contributed by atoms with Gasteiger partial charge in [0.15, 0.2) is 0 Å². The van der Waals surface area contributed by atoms with Crippen LogP contribution in [0.5, 0.6) is 0 Å². The molecule has 0 atom stereocenters. The molecule has 0 aliphatic rings. The molecule has 0 fully saturated rings. The molecular formula is C24H27ClF3N. The lowest BCUT2D eigenvalue weighted by molar-refractivity contribution is -0.137. The minimum Gasteiger partial charge on any atom is -0.378 e. The molecule has 156 valence electrons. The highest BCUT2D eigenvalue weighted by Gasteiger charge is 2.29. The van der Waals surface area contributed by atoms with Crippen LogP contribution in [-0.2, 0) is 6.18 Å². The highest BCUT2D eigenvalue weighted by atomic mass is 35.5. The summed E-state index contributed by atoms with van der Waals surface area (Å²) in [6.07, 6.45) is -4.21. The molecule has 0 aliphatic heterocycles. The number of halogens is 4. The molecule has 3 aromatic carbocycles. The van der Waals surface area contributed by atoms with Crippen LogP contribution in [0, 0.1) is 20.8 Å². The Balaban J connectivity index is 0.000000220. The minimum atomic E-state index is -4.21. The predicted molar refractivity (Wildman–Crippen MR) is 118 cm³/mol. The van der Waals surface area contributed by atoms with Crippen molar-refractivity contribution in [3.63, 3.8) is 0 Å². The lowest BCUT2D eigenvalue weighted by Gasteiger charge is -2.11. The van der Waals surface area contributed by atoms with Gasteiger partial charge in [-0.15, -0.1) is 0 Å². The van der Waals surface area contributed by atoms with Gasteiger partial charge in [-0.2, -0.15) is 13.2 Å². The van der Waals surface area contributed by atoms with Gasteiger partial charge in [0.1, 0.15) is 0 Å². The molecule has 0 aliphatic carbocycles. The molecule has 3 aromatic rings. The lowest BCUT2D eigenvalue weighted by atomic mass is 10.1. The normalized spacial score (nSPS) is 10.2. The Hall–Kier alpha value is -2.46. The van der Waals surface area contributed by atoms with Crippen molar-refractivity contribution in [3.05, 3.63) is 100 Å². The average Bonchev–Trinajstić information content (AvgIpc) is 2.65. The van der Waals surface area contributed by atoms with Crippen molar-refractivity contribution in [1.82, 2.24) is 0 Å². The fourth-order valence-corrected chi connectivity index (χ4v) is 2.27. The number of hydrogen-bond donors (Lipinski definition) is 0. The Bertz CT molecular complexity index is 834. The van der Waals surface area contributed by atoms with E-state index >= 15 is 0 Å². The van der Waals surface area contributed by atoms with Crippen molar-refractivity contribution in [2.24, 2.45) is 0 Å². The highest BCUT2D eigenvalue weighted by molar-refractivity contribution is 6.31. The van der Waals surface area contributed by atoms with Crippen molar-refractivity contribution in [2.45, 2.75) is 26.9 Å². The molecule has 0 saturated carbocycles. The Labute approximate surface area is 176 Å². The molecule has 0 saturated heterocycles. The summed E-state index contributed by atoms with van der Waals surface area (Å²) in [7, 11) is 4.09. The molecule has 5 heteroatoms. The zero-order chi connectivity index (χ0) is 22.0. The SMILES string of the molecule is Cc1ccc(C(F)(F)F)cc1.Cc1ccc(N(C)C)cc1.Cc1ccccc1Cl. The minimum absolute atomic E-state index is 0.594. The quantitative estimate of drug-likeness (QED) is 0.388. The van der Waals surface area contributed by atoms with Gasteiger partial charge in [-0.05, 0) is 56.7 Å². The van der Waals surface area contributed by atoms with Crippen LogP contribution in [-0.4, -0.2) is 14.1 Å². The molecule has 0 bridgehead atoms. The lowest BCUT2D eigenvalue weighted by Crippen LogP contribution is -2.07. The zero-order valence-corrected chi connectivity index (χ0v) is 18.1. The van der Waals surface area contributed by atoms with Crippen LogP contribution in [0.2, 0.25) is 5.02 Å². The van der Waals surface area contributed by atoms with E-state index in [9.17, 15) is 13.2 Å². The maximum absolute atomic E-state index is 11.9. The highest BCUT2D eigenvalue weighted by Crippen LogP contribution is 2.28. The summed E-state index contributed by atoms with van der Waals surface area (Å²) in [5.74, 6) is 0. The molecule has 0 heterocycles. The van der Waals surface area contributed by atoms with E-state index in [1.54, 1.807) is 6.92 Å². The van der Waals surface area contributed by atoms with Gasteiger partial charge in [-0.25, -0.2) is 0 Å². The number of benzene rings is 3. The number of nitrogens with zero attached hydrogens (tertiary/aromatic N) is 1. The number of rotatable bonds is 1. The Morgan fingerprint density at radius 1 is 0.690 bits per heavy atom. The Kier molecular flexibility index (Phi) is 9.76. The summed E-state index contributed by atoms with van der Waals surface area (Å²) in [5, 5.41) is 0.840. The van der Waals surface area contributed by atoms with E-state index in [-0.39, 0.29) is 0 Å². The maximum Gasteiger partial charge on any atom is 0.416 e. The van der Waals surface area contributed by atoms with Crippen molar-refractivity contribution in [3.8, 4) is 0 Å². The molecule has 29 heavy (non-hydrogen) atoms. The molecule has 0 amide bonds. The van der Waals surface area contributed by atoms with Crippen LogP contribution in [0.1, 0.15) is 22.3 Å². The number of alkyl halides is 3. The smallest absolute Gasteiger partial charge is 0.378 e. The third-order valence-corrected chi connectivity index (χ3v) is 4.43. The number of anilines is 1. The van der Waals surface area contributed by atoms with Gasteiger partial charge in [0.2, 0.25) is 0 Å². The van der Waals surface area contributed by atoms with Crippen molar-refractivity contribution < 1.29 is 13.2 Å². The summed E-state index contributed by atoms with van der Waals surface area (Å²) in [4.78, 5) is 2.10. The Morgan fingerprint density at radius 3 is 1.48 bits per heavy atom. The molecule has 0 unspecified atom stereocenters. The van der Waals surface area contributed by atoms with E-state index in [2.05, 4.69) is 36.1 Å². The van der Waals surface area contributed by atoms with Gasteiger partial charge in [-0.1, -0.05) is 65.2 Å². The molecule has 3 rings (SSSR count). The molecular weight excluding hydrogens is 395 g/mol. The number of aryl methyl sites for hydroxylation is 3. The summed E-state index contributed by atoms with van der Waals surface area (Å²) >= 11 is 5.71. The first-order valence-corrected chi connectivity index (χ1v) is 9.47. The van der Waals surface area contributed by atoms with E-state index in [0.717, 1.165) is 28.3 Å². The summed E-state index contributed by atoms with van der Waals surface area (Å²) in [6, 6.07) is 21.3. The summed E-state index contributed by atoms with van der Waals surface area (Å²) < 4.78 is 35.8. The molecule has 1 nitrogen and oxygen atoms in total. The van der Waals surface area contributed by atoms with Gasteiger partial charge >= 0.3 is 6.18 Å².